The highest BCUT2D eigenvalue weighted by Gasteiger charge is 2.21. The second kappa shape index (κ2) is 13.8. The van der Waals surface area contributed by atoms with Gasteiger partial charge in [0.1, 0.15) is 22.8 Å². The van der Waals surface area contributed by atoms with Crippen LogP contribution in [0, 0.1) is 5.41 Å². The van der Waals surface area contributed by atoms with Gasteiger partial charge in [-0.25, -0.2) is 4.79 Å². The zero-order valence-electron chi connectivity index (χ0n) is 24.0. The van der Waals surface area contributed by atoms with Crippen LogP contribution in [0.1, 0.15) is 47.8 Å². The van der Waals surface area contributed by atoms with E-state index in [1.807, 2.05) is 54.6 Å². The van der Waals surface area contributed by atoms with Crippen molar-refractivity contribution in [3.8, 4) is 17.2 Å². The third kappa shape index (κ3) is 7.60. The number of anilines is 1. The Morgan fingerprint density at radius 1 is 0.756 bits per heavy atom. The summed E-state index contributed by atoms with van der Waals surface area (Å²) in [6.07, 6.45) is 1.17. The maximum absolute atomic E-state index is 13.6. The molecule has 0 saturated heterocycles. The third-order valence-electron chi connectivity index (χ3n) is 7.00. The Balaban J connectivity index is 1.27. The van der Waals surface area contributed by atoms with Crippen molar-refractivity contribution in [2.45, 2.75) is 13.1 Å². The number of para-hydroxylation sites is 1. The minimum absolute atomic E-state index is 0.0638. The van der Waals surface area contributed by atoms with Crippen molar-refractivity contribution < 1.29 is 29.3 Å². The molecule has 2 amide bonds. The molecule has 0 aromatic heterocycles. The van der Waals surface area contributed by atoms with Crippen LogP contribution in [0.2, 0.25) is 0 Å². The van der Waals surface area contributed by atoms with E-state index in [2.05, 4.69) is 5.32 Å². The number of hydrogen-bond acceptors (Lipinski definition) is 6. The number of carboxylic acid groups (broad SMARTS) is 1. The summed E-state index contributed by atoms with van der Waals surface area (Å²) in [5.41, 5.74) is 2.91. The molecule has 0 aliphatic heterocycles. The molecule has 5 aromatic carbocycles. The first kappa shape index (κ1) is 30.2. The number of carbonyl (C=O) groups is 3. The monoisotopic (exact) mass is 599 g/mol. The topological polar surface area (TPSA) is 140 Å². The van der Waals surface area contributed by atoms with Gasteiger partial charge in [0.25, 0.3) is 11.8 Å². The molecule has 0 fully saturated rings. The number of benzene rings is 5. The lowest BCUT2D eigenvalue weighted by atomic mass is 10.1. The third-order valence-corrected chi connectivity index (χ3v) is 7.00. The van der Waals surface area contributed by atoms with Crippen LogP contribution in [0.5, 0.6) is 17.2 Å². The zero-order valence-corrected chi connectivity index (χ0v) is 24.0. The van der Waals surface area contributed by atoms with Gasteiger partial charge in [0.15, 0.2) is 0 Å². The Morgan fingerprint density at radius 3 is 2.02 bits per heavy atom. The largest absolute Gasteiger partial charge is 0.507 e. The fraction of sp³-hybridized carbons (Fsp3) is 0.0556. The van der Waals surface area contributed by atoms with Crippen LogP contribution in [0.15, 0.2) is 121 Å². The van der Waals surface area contributed by atoms with Gasteiger partial charge in [-0.1, -0.05) is 54.6 Å². The Kier molecular flexibility index (Phi) is 9.30. The fourth-order valence-electron chi connectivity index (χ4n) is 4.55. The van der Waals surface area contributed by atoms with E-state index in [1.54, 1.807) is 48.5 Å². The van der Waals surface area contributed by atoms with E-state index in [0.29, 0.717) is 34.5 Å². The van der Waals surface area contributed by atoms with Crippen molar-refractivity contribution in [2.24, 2.45) is 0 Å². The van der Waals surface area contributed by atoms with Crippen LogP contribution < -0.4 is 15.0 Å². The van der Waals surface area contributed by atoms with Gasteiger partial charge < -0.3 is 30.6 Å². The number of aromatic carboxylic acids is 1. The van der Waals surface area contributed by atoms with Gasteiger partial charge in [-0.3, -0.25) is 9.59 Å². The number of ether oxygens (including phenoxy) is 1. The molecule has 0 bridgehead atoms. The maximum atomic E-state index is 13.6. The van der Waals surface area contributed by atoms with Crippen LogP contribution in [-0.4, -0.2) is 34.2 Å². The van der Waals surface area contributed by atoms with Gasteiger partial charge in [-0.2, -0.15) is 0 Å². The molecule has 0 saturated carbocycles. The van der Waals surface area contributed by atoms with Crippen molar-refractivity contribution >= 4 is 29.7 Å². The average Bonchev–Trinajstić information content (AvgIpc) is 3.07. The number of carbonyl (C=O) groups excluding carboxylic acids is 2. The van der Waals surface area contributed by atoms with Crippen LogP contribution in [0.3, 0.4) is 0 Å². The fourth-order valence-corrected chi connectivity index (χ4v) is 4.55. The number of rotatable bonds is 11. The molecule has 9 nitrogen and oxygen atoms in total. The lowest BCUT2D eigenvalue weighted by Crippen LogP contribution is -2.30. The summed E-state index contributed by atoms with van der Waals surface area (Å²) in [4.78, 5) is 39.5. The Bertz CT molecular complexity index is 1820. The Morgan fingerprint density at radius 2 is 1.38 bits per heavy atom. The quantitative estimate of drug-likeness (QED) is 0.125. The number of phenols is 1. The molecule has 5 rings (SSSR count). The number of carboxylic acids is 1. The van der Waals surface area contributed by atoms with Crippen molar-refractivity contribution in [1.82, 2.24) is 5.32 Å². The van der Waals surface area contributed by atoms with Gasteiger partial charge in [0.2, 0.25) is 0 Å². The van der Waals surface area contributed by atoms with Crippen LogP contribution in [0.25, 0.3) is 0 Å². The highest BCUT2D eigenvalue weighted by molar-refractivity contribution is 6.07. The minimum Gasteiger partial charge on any atom is -0.507 e. The van der Waals surface area contributed by atoms with Gasteiger partial charge in [0, 0.05) is 29.6 Å². The van der Waals surface area contributed by atoms with Crippen LogP contribution in [-0.2, 0) is 13.1 Å². The SMILES string of the molecule is N=Cc1ccc(C(=O)N(Cc2ccc(C(=O)NCc3ccc(Oc4ccccc4)cc3)cc2)c2ccc(O)c(C(=O)O)c2)cc1. The highest BCUT2D eigenvalue weighted by atomic mass is 16.5. The molecular weight excluding hydrogens is 570 g/mol. The number of hydrogen-bond donors (Lipinski definition) is 4. The highest BCUT2D eigenvalue weighted by Crippen LogP contribution is 2.27. The van der Waals surface area contributed by atoms with Crippen molar-refractivity contribution in [2.75, 3.05) is 4.90 Å². The maximum Gasteiger partial charge on any atom is 0.339 e. The molecular formula is C36H29N3O6. The lowest BCUT2D eigenvalue weighted by Gasteiger charge is -2.24. The summed E-state index contributed by atoms with van der Waals surface area (Å²) in [6.45, 7) is 0.381. The molecule has 9 heteroatoms. The van der Waals surface area contributed by atoms with E-state index in [-0.39, 0.29) is 23.7 Å². The Hall–Kier alpha value is -6.22. The van der Waals surface area contributed by atoms with E-state index >= 15 is 0 Å². The van der Waals surface area contributed by atoms with Crippen molar-refractivity contribution in [3.05, 3.63) is 155 Å². The van der Waals surface area contributed by atoms with E-state index in [4.69, 9.17) is 10.1 Å². The Labute approximate surface area is 259 Å². The van der Waals surface area contributed by atoms with E-state index < -0.39 is 17.6 Å². The van der Waals surface area contributed by atoms with E-state index in [0.717, 1.165) is 11.3 Å². The van der Waals surface area contributed by atoms with Gasteiger partial charge in [0.05, 0.1) is 6.54 Å². The van der Waals surface area contributed by atoms with Gasteiger partial charge in [-0.15, -0.1) is 0 Å². The van der Waals surface area contributed by atoms with Crippen molar-refractivity contribution in [3.63, 3.8) is 0 Å². The molecule has 0 aliphatic rings. The van der Waals surface area contributed by atoms with Gasteiger partial charge >= 0.3 is 5.97 Å². The first-order chi connectivity index (χ1) is 21.8. The second-order valence-corrected chi connectivity index (χ2v) is 10.1. The summed E-state index contributed by atoms with van der Waals surface area (Å²) in [5.74, 6) is -0.996. The summed E-state index contributed by atoms with van der Waals surface area (Å²) >= 11 is 0. The molecule has 224 valence electrons. The molecule has 0 spiro atoms. The minimum atomic E-state index is -1.33. The predicted octanol–water partition coefficient (Wildman–Crippen LogP) is 6.66. The number of nitrogens with zero attached hydrogens (tertiary/aromatic N) is 1. The predicted molar refractivity (Wildman–Crippen MR) is 170 cm³/mol. The molecule has 45 heavy (non-hydrogen) atoms. The summed E-state index contributed by atoms with van der Waals surface area (Å²) in [5, 5.41) is 29.8. The van der Waals surface area contributed by atoms with Crippen LogP contribution >= 0.6 is 0 Å². The standard InChI is InChI=1S/C36H29N3O6/c37-21-24-6-14-28(15-7-24)35(42)39(29-16-19-33(40)32(20-29)36(43)44)23-26-8-12-27(13-9-26)34(41)38-22-25-10-17-31(18-11-25)45-30-4-2-1-3-5-30/h1-21,37,40H,22-23H2,(H,38,41)(H,43,44). The molecule has 0 atom stereocenters. The first-order valence-electron chi connectivity index (χ1n) is 14.0. The van der Waals surface area contributed by atoms with E-state index in [1.165, 1.54) is 29.3 Å². The molecule has 4 N–H and O–H groups in total. The lowest BCUT2D eigenvalue weighted by molar-refractivity contribution is 0.0693. The van der Waals surface area contributed by atoms with E-state index in [9.17, 15) is 24.6 Å². The second-order valence-electron chi connectivity index (χ2n) is 10.1. The smallest absolute Gasteiger partial charge is 0.339 e. The molecule has 0 aliphatic carbocycles. The molecule has 0 radical (unpaired) electrons. The molecule has 0 heterocycles. The number of nitrogens with one attached hydrogen (secondary N) is 2. The normalized spacial score (nSPS) is 10.5. The number of aromatic hydroxyl groups is 1. The average molecular weight is 600 g/mol. The zero-order chi connectivity index (χ0) is 31.8. The summed E-state index contributed by atoms with van der Waals surface area (Å²) in [7, 11) is 0. The van der Waals surface area contributed by atoms with Gasteiger partial charge in [-0.05, 0) is 83.4 Å². The first-order valence-corrected chi connectivity index (χ1v) is 14.0. The molecule has 0 unspecified atom stereocenters. The summed E-state index contributed by atoms with van der Waals surface area (Å²) in [6, 6.07) is 34.0. The number of amides is 2. The molecule has 5 aromatic rings. The van der Waals surface area contributed by atoms with Crippen molar-refractivity contribution in [1.29, 1.82) is 5.41 Å². The summed E-state index contributed by atoms with van der Waals surface area (Å²) < 4.78 is 5.81. The van der Waals surface area contributed by atoms with Crippen LogP contribution in [0.4, 0.5) is 5.69 Å².